The average Bonchev–Trinajstić information content (AvgIpc) is 2.26. The number of nitrogens with one attached hydrogen (secondary N) is 1. The van der Waals surface area contributed by atoms with Gasteiger partial charge in [-0.05, 0) is 6.42 Å². The quantitative estimate of drug-likeness (QED) is 0.573. The molecule has 0 bridgehead atoms. The number of hydrogen-bond acceptors (Lipinski definition) is 5. The van der Waals surface area contributed by atoms with E-state index in [1.54, 1.807) is 18.1 Å². The summed E-state index contributed by atoms with van der Waals surface area (Å²) in [7, 11) is 0. The van der Waals surface area contributed by atoms with Crippen LogP contribution in [0.25, 0.3) is 0 Å². The molecule has 5 heteroatoms. The summed E-state index contributed by atoms with van der Waals surface area (Å²) in [6.45, 7) is 5.15. The Hall–Kier alpha value is -0.810. The number of nitrogens with zero attached hydrogens (tertiary/aromatic N) is 2. The first kappa shape index (κ1) is 12.3. The van der Waals surface area contributed by atoms with Crippen molar-refractivity contribution in [2.75, 3.05) is 18.5 Å². The van der Waals surface area contributed by atoms with Crippen LogP contribution in [0.4, 0.5) is 5.82 Å². The minimum Gasteiger partial charge on any atom is -0.395 e. The number of aromatic nitrogens is 2. The number of rotatable bonds is 6. The van der Waals surface area contributed by atoms with Crippen LogP contribution < -0.4 is 5.32 Å². The van der Waals surface area contributed by atoms with Gasteiger partial charge in [-0.3, -0.25) is 0 Å². The summed E-state index contributed by atoms with van der Waals surface area (Å²) in [5.41, 5.74) is 0. The molecule has 0 aliphatic rings. The summed E-state index contributed by atoms with van der Waals surface area (Å²) in [5.74, 6) is 0.847. The van der Waals surface area contributed by atoms with Gasteiger partial charge < -0.3 is 10.4 Å². The molecular weight excluding hydrogens is 210 g/mol. The average molecular weight is 227 g/mol. The molecule has 0 saturated carbocycles. The van der Waals surface area contributed by atoms with Crippen molar-refractivity contribution in [3.8, 4) is 0 Å². The summed E-state index contributed by atoms with van der Waals surface area (Å²) >= 11 is 1.55. The Kier molecular flexibility index (Phi) is 5.42. The molecule has 0 aliphatic carbocycles. The third kappa shape index (κ3) is 4.48. The predicted molar refractivity (Wildman–Crippen MR) is 63.2 cm³/mol. The summed E-state index contributed by atoms with van der Waals surface area (Å²) < 4.78 is 0. The third-order valence-corrected chi connectivity index (χ3v) is 2.79. The van der Waals surface area contributed by atoms with Gasteiger partial charge in [-0.25, -0.2) is 9.97 Å². The standard InChI is InChI=1S/C10H17N3OS/c1-3-4-11-9-5-10(13-7-12-9)15-8(2)6-14/h5,7-8,14H,3-4,6H2,1-2H3,(H,11,12,13). The molecule has 1 unspecified atom stereocenters. The number of aliphatic hydroxyl groups is 1. The lowest BCUT2D eigenvalue weighted by molar-refractivity contribution is 0.300. The Balaban J connectivity index is 2.57. The van der Waals surface area contributed by atoms with E-state index in [0.29, 0.717) is 0 Å². The summed E-state index contributed by atoms with van der Waals surface area (Å²) in [4.78, 5) is 8.25. The highest BCUT2D eigenvalue weighted by Gasteiger charge is 2.04. The molecule has 84 valence electrons. The number of aliphatic hydroxyl groups excluding tert-OH is 1. The first-order chi connectivity index (χ1) is 7.26. The summed E-state index contributed by atoms with van der Waals surface area (Å²) in [5, 5.41) is 13.2. The zero-order valence-electron chi connectivity index (χ0n) is 9.10. The Morgan fingerprint density at radius 3 is 3.00 bits per heavy atom. The normalized spacial score (nSPS) is 12.5. The molecule has 0 spiro atoms. The highest BCUT2D eigenvalue weighted by molar-refractivity contribution is 7.99. The molecule has 15 heavy (non-hydrogen) atoms. The molecule has 1 aromatic heterocycles. The van der Waals surface area contributed by atoms with E-state index < -0.39 is 0 Å². The van der Waals surface area contributed by atoms with Crippen molar-refractivity contribution in [2.45, 2.75) is 30.5 Å². The van der Waals surface area contributed by atoms with Crippen LogP contribution in [-0.2, 0) is 0 Å². The van der Waals surface area contributed by atoms with Crippen molar-refractivity contribution >= 4 is 17.6 Å². The van der Waals surface area contributed by atoms with Crippen LogP contribution in [0.5, 0.6) is 0 Å². The Morgan fingerprint density at radius 2 is 2.33 bits per heavy atom. The van der Waals surface area contributed by atoms with Crippen LogP contribution in [-0.4, -0.2) is 33.5 Å². The van der Waals surface area contributed by atoms with Crippen molar-refractivity contribution in [3.63, 3.8) is 0 Å². The van der Waals surface area contributed by atoms with E-state index in [1.807, 2.05) is 13.0 Å². The first-order valence-electron chi connectivity index (χ1n) is 5.09. The predicted octanol–water partition coefficient (Wildman–Crippen LogP) is 1.77. The minimum absolute atomic E-state index is 0.159. The number of thioether (sulfide) groups is 1. The van der Waals surface area contributed by atoms with Crippen LogP contribution in [0.2, 0.25) is 0 Å². The van der Waals surface area contributed by atoms with Crippen LogP contribution in [0.3, 0.4) is 0 Å². The van der Waals surface area contributed by atoms with E-state index >= 15 is 0 Å². The molecule has 0 aliphatic heterocycles. The summed E-state index contributed by atoms with van der Waals surface area (Å²) in [6.07, 6.45) is 2.62. The van der Waals surface area contributed by atoms with E-state index in [-0.39, 0.29) is 11.9 Å². The van der Waals surface area contributed by atoms with Crippen LogP contribution in [0, 0.1) is 0 Å². The second-order valence-corrected chi connectivity index (χ2v) is 4.74. The first-order valence-corrected chi connectivity index (χ1v) is 5.97. The molecule has 0 radical (unpaired) electrons. The van der Waals surface area contributed by atoms with E-state index in [1.165, 1.54) is 0 Å². The molecular formula is C10H17N3OS. The highest BCUT2D eigenvalue weighted by Crippen LogP contribution is 2.21. The lowest BCUT2D eigenvalue weighted by atomic mass is 10.4. The van der Waals surface area contributed by atoms with Crippen molar-refractivity contribution < 1.29 is 5.11 Å². The van der Waals surface area contributed by atoms with Crippen molar-refractivity contribution in [1.29, 1.82) is 0 Å². The second-order valence-electron chi connectivity index (χ2n) is 3.28. The van der Waals surface area contributed by atoms with Gasteiger partial charge in [0.2, 0.25) is 0 Å². The van der Waals surface area contributed by atoms with Crippen LogP contribution in [0.1, 0.15) is 20.3 Å². The van der Waals surface area contributed by atoms with Crippen molar-refractivity contribution in [2.24, 2.45) is 0 Å². The van der Waals surface area contributed by atoms with Crippen LogP contribution >= 0.6 is 11.8 Å². The van der Waals surface area contributed by atoms with E-state index in [0.717, 1.165) is 23.8 Å². The van der Waals surface area contributed by atoms with Gasteiger partial charge in [-0.2, -0.15) is 0 Å². The van der Waals surface area contributed by atoms with Gasteiger partial charge in [0, 0.05) is 17.9 Å². The lowest BCUT2D eigenvalue weighted by Gasteiger charge is -2.08. The van der Waals surface area contributed by atoms with Gasteiger partial charge in [0.15, 0.2) is 0 Å². The zero-order chi connectivity index (χ0) is 11.1. The topological polar surface area (TPSA) is 58.0 Å². The number of anilines is 1. The molecule has 0 fully saturated rings. The third-order valence-electron chi connectivity index (χ3n) is 1.78. The molecule has 4 nitrogen and oxygen atoms in total. The minimum atomic E-state index is 0.159. The van der Waals surface area contributed by atoms with Crippen molar-refractivity contribution in [1.82, 2.24) is 9.97 Å². The largest absolute Gasteiger partial charge is 0.395 e. The summed E-state index contributed by atoms with van der Waals surface area (Å²) in [6, 6.07) is 1.91. The molecule has 0 saturated heterocycles. The van der Waals surface area contributed by atoms with Crippen molar-refractivity contribution in [3.05, 3.63) is 12.4 Å². The lowest BCUT2D eigenvalue weighted by Crippen LogP contribution is -2.04. The molecule has 0 aromatic carbocycles. The van der Waals surface area contributed by atoms with Crippen LogP contribution in [0.15, 0.2) is 17.4 Å². The van der Waals surface area contributed by atoms with Gasteiger partial charge in [-0.15, -0.1) is 11.8 Å². The van der Waals surface area contributed by atoms with Gasteiger partial charge in [0.25, 0.3) is 0 Å². The fourth-order valence-corrected chi connectivity index (χ4v) is 1.77. The van der Waals surface area contributed by atoms with Gasteiger partial charge in [0.05, 0.1) is 6.61 Å². The molecule has 1 rings (SSSR count). The number of hydrogen-bond donors (Lipinski definition) is 2. The maximum atomic E-state index is 8.93. The fraction of sp³-hybridized carbons (Fsp3) is 0.600. The molecule has 1 atom stereocenters. The van der Waals surface area contributed by atoms with E-state index in [2.05, 4.69) is 22.2 Å². The highest BCUT2D eigenvalue weighted by atomic mass is 32.2. The maximum absolute atomic E-state index is 8.93. The molecule has 1 aromatic rings. The Bertz CT molecular complexity index is 296. The van der Waals surface area contributed by atoms with Gasteiger partial charge >= 0.3 is 0 Å². The fourth-order valence-electron chi connectivity index (χ4n) is 0.997. The zero-order valence-corrected chi connectivity index (χ0v) is 9.92. The molecule has 2 N–H and O–H groups in total. The SMILES string of the molecule is CCCNc1cc(SC(C)CO)ncn1. The van der Waals surface area contributed by atoms with E-state index in [4.69, 9.17) is 5.11 Å². The smallest absolute Gasteiger partial charge is 0.130 e. The molecule has 0 amide bonds. The monoisotopic (exact) mass is 227 g/mol. The van der Waals surface area contributed by atoms with Gasteiger partial charge in [0.1, 0.15) is 17.2 Å². The van der Waals surface area contributed by atoms with E-state index in [9.17, 15) is 0 Å². The molecule has 1 heterocycles. The Morgan fingerprint density at radius 1 is 1.53 bits per heavy atom. The maximum Gasteiger partial charge on any atom is 0.130 e. The Labute approximate surface area is 94.5 Å². The second kappa shape index (κ2) is 6.63. The van der Waals surface area contributed by atoms with Gasteiger partial charge in [-0.1, -0.05) is 13.8 Å².